The van der Waals surface area contributed by atoms with Crippen molar-refractivity contribution >= 4 is 11.8 Å². The third-order valence-electron chi connectivity index (χ3n) is 5.84. The molecule has 6 atom stereocenters. The van der Waals surface area contributed by atoms with E-state index in [1.165, 1.54) is 11.6 Å². The van der Waals surface area contributed by atoms with Crippen LogP contribution < -0.4 is 0 Å². The lowest BCUT2D eigenvalue weighted by molar-refractivity contribution is -0.147. The second kappa shape index (κ2) is 13.3. The van der Waals surface area contributed by atoms with Gasteiger partial charge in [-0.2, -0.15) is 0 Å². The maximum Gasteiger partial charge on any atom is 0.331 e. The number of esters is 1. The molecule has 33 heavy (non-hydrogen) atoms. The molecule has 5 heteroatoms. The Balaban J connectivity index is 1.85. The quantitative estimate of drug-likeness (QED) is 0.295. The van der Waals surface area contributed by atoms with Gasteiger partial charge in [0.1, 0.15) is 11.9 Å². The molecule has 0 aromatic carbocycles. The maximum absolute atomic E-state index is 12.2. The van der Waals surface area contributed by atoms with Gasteiger partial charge in [-0.15, -0.1) is 0 Å². The average Bonchev–Trinajstić information content (AvgIpc) is 2.75. The molecule has 2 rings (SSSR count). The Labute approximate surface area is 198 Å². The molecular formula is C28H38O5. The van der Waals surface area contributed by atoms with E-state index in [0.29, 0.717) is 12.3 Å². The monoisotopic (exact) mass is 454 g/mol. The van der Waals surface area contributed by atoms with Crippen LogP contribution >= 0.6 is 0 Å². The molecule has 2 aliphatic heterocycles. The Hall–Kier alpha value is -2.50. The first-order valence-corrected chi connectivity index (χ1v) is 11.8. The van der Waals surface area contributed by atoms with Gasteiger partial charge in [-0.05, 0) is 39.2 Å². The van der Waals surface area contributed by atoms with Gasteiger partial charge in [-0.25, -0.2) is 4.79 Å². The van der Waals surface area contributed by atoms with Crippen molar-refractivity contribution in [3.8, 4) is 0 Å². The fourth-order valence-electron chi connectivity index (χ4n) is 4.05. The molecule has 0 spiro atoms. The van der Waals surface area contributed by atoms with Crippen molar-refractivity contribution in [3.63, 3.8) is 0 Å². The van der Waals surface area contributed by atoms with Gasteiger partial charge in [0.2, 0.25) is 0 Å². The molecule has 0 bridgehead atoms. The zero-order valence-electron chi connectivity index (χ0n) is 20.4. The number of cyclic esters (lactones) is 1. The minimum absolute atomic E-state index is 0.122. The molecule has 1 saturated heterocycles. The van der Waals surface area contributed by atoms with Crippen molar-refractivity contribution in [2.75, 3.05) is 0 Å². The van der Waals surface area contributed by atoms with E-state index in [-0.39, 0.29) is 36.3 Å². The van der Waals surface area contributed by atoms with Crippen LogP contribution in [0.25, 0.3) is 0 Å². The first-order valence-electron chi connectivity index (χ1n) is 11.8. The van der Waals surface area contributed by atoms with Crippen LogP contribution in [0.2, 0.25) is 0 Å². The summed E-state index contributed by atoms with van der Waals surface area (Å²) in [6.45, 7) is 10.0. The van der Waals surface area contributed by atoms with Gasteiger partial charge in [-0.1, -0.05) is 73.6 Å². The van der Waals surface area contributed by atoms with Crippen molar-refractivity contribution in [2.24, 2.45) is 11.8 Å². The number of carbonyl (C=O) groups excluding carboxylic acids is 2. The van der Waals surface area contributed by atoms with Crippen molar-refractivity contribution in [1.82, 2.24) is 0 Å². The highest BCUT2D eigenvalue weighted by Crippen LogP contribution is 2.25. The Bertz CT molecular complexity index is 858. The smallest absolute Gasteiger partial charge is 0.331 e. The lowest BCUT2D eigenvalue weighted by Gasteiger charge is -2.33. The number of hydrogen-bond donors (Lipinski definition) is 1. The van der Waals surface area contributed by atoms with E-state index in [1.54, 1.807) is 6.08 Å². The lowest BCUT2D eigenvalue weighted by atomic mass is 9.89. The van der Waals surface area contributed by atoms with Crippen molar-refractivity contribution < 1.29 is 24.2 Å². The molecule has 1 N–H and O–H groups in total. The van der Waals surface area contributed by atoms with Crippen LogP contribution in [-0.2, 0) is 19.1 Å². The predicted octanol–water partition coefficient (Wildman–Crippen LogP) is 5.19. The van der Waals surface area contributed by atoms with Crippen molar-refractivity contribution in [3.05, 3.63) is 71.9 Å². The normalized spacial score (nSPS) is 29.3. The first-order chi connectivity index (χ1) is 15.7. The Morgan fingerprint density at radius 2 is 2.03 bits per heavy atom. The third-order valence-corrected chi connectivity index (χ3v) is 5.84. The highest BCUT2D eigenvalue weighted by Gasteiger charge is 2.35. The highest BCUT2D eigenvalue weighted by atomic mass is 16.5. The topological polar surface area (TPSA) is 72.8 Å². The Morgan fingerprint density at radius 3 is 2.73 bits per heavy atom. The lowest BCUT2D eigenvalue weighted by Crippen LogP contribution is -2.43. The van der Waals surface area contributed by atoms with Crippen LogP contribution in [0, 0.1) is 11.8 Å². The molecule has 0 saturated carbocycles. The fraction of sp³-hybridized carbons (Fsp3) is 0.500. The predicted molar refractivity (Wildman–Crippen MR) is 131 cm³/mol. The van der Waals surface area contributed by atoms with E-state index in [9.17, 15) is 14.7 Å². The van der Waals surface area contributed by atoms with Crippen LogP contribution in [0.3, 0.4) is 0 Å². The van der Waals surface area contributed by atoms with Crippen LogP contribution in [0.1, 0.15) is 53.9 Å². The minimum atomic E-state index is -0.827. The number of allylic oxidation sites excluding steroid dienone is 7. The summed E-state index contributed by atoms with van der Waals surface area (Å²) in [6.07, 6.45) is 18.7. The molecule has 0 aromatic rings. The van der Waals surface area contributed by atoms with Gasteiger partial charge in [0.05, 0.1) is 18.3 Å². The van der Waals surface area contributed by atoms with Gasteiger partial charge in [-0.3, -0.25) is 4.79 Å². The average molecular weight is 455 g/mol. The number of hydrogen-bond acceptors (Lipinski definition) is 5. The van der Waals surface area contributed by atoms with E-state index in [1.807, 2.05) is 63.3 Å². The molecule has 0 unspecified atom stereocenters. The molecule has 5 nitrogen and oxygen atoms in total. The molecule has 0 radical (unpaired) electrons. The summed E-state index contributed by atoms with van der Waals surface area (Å²) in [4.78, 5) is 23.5. The Kier molecular flexibility index (Phi) is 10.8. The summed E-state index contributed by atoms with van der Waals surface area (Å²) >= 11 is 0. The van der Waals surface area contributed by atoms with E-state index in [0.717, 1.165) is 12.0 Å². The summed E-state index contributed by atoms with van der Waals surface area (Å²) in [6, 6.07) is 0. The number of ether oxygens (including phenoxy) is 2. The van der Waals surface area contributed by atoms with Crippen LogP contribution in [0.4, 0.5) is 0 Å². The SMILES string of the molecule is C/C=C/[C@@H]1O[C@H]([C@H](O)/C=C/C=C(\C)C[C@@H](C)/C=C(C)/C=C/[C@H]2CC=CC(=O)O2)CC(=O)[C@@H]1C. The summed E-state index contributed by atoms with van der Waals surface area (Å²) in [5.41, 5.74) is 2.31. The number of rotatable bonds is 9. The minimum Gasteiger partial charge on any atom is -0.455 e. The number of carbonyl (C=O) groups is 2. The van der Waals surface area contributed by atoms with Gasteiger partial charge in [0, 0.05) is 24.8 Å². The number of aliphatic hydroxyl groups is 1. The highest BCUT2D eigenvalue weighted by molar-refractivity contribution is 5.83. The van der Waals surface area contributed by atoms with E-state index in [2.05, 4.69) is 19.9 Å². The number of Topliss-reactive ketones (excluding diaryl/α,β-unsaturated/α-hetero) is 1. The maximum atomic E-state index is 12.2. The van der Waals surface area contributed by atoms with Crippen molar-refractivity contribution in [2.45, 2.75) is 78.3 Å². The van der Waals surface area contributed by atoms with Gasteiger partial charge < -0.3 is 14.6 Å². The standard InChI is InChI=1S/C28H38O5/c1-6-9-26-22(5)25(30)18-27(33-26)24(29)12-7-10-19(2)16-21(4)17-20(3)14-15-23-11-8-13-28(31)32-23/h6-10,12-15,17,21-24,26-27,29H,11,16,18H2,1-5H3/b9-6+,12-7+,15-14+,19-10+,20-17+/t21-,22+,23-,24-,26+,27+/m1/s1. The first kappa shape index (κ1) is 26.7. The molecule has 0 aliphatic carbocycles. The van der Waals surface area contributed by atoms with Crippen LogP contribution in [-0.4, -0.2) is 41.3 Å². The number of ketones is 1. The second-order valence-electron chi connectivity index (χ2n) is 9.08. The van der Waals surface area contributed by atoms with Gasteiger partial charge in [0.15, 0.2) is 0 Å². The van der Waals surface area contributed by atoms with E-state index in [4.69, 9.17) is 9.47 Å². The molecule has 180 valence electrons. The third kappa shape index (κ3) is 9.10. The fourth-order valence-corrected chi connectivity index (χ4v) is 4.05. The summed E-state index contributed by atoms with van der Waals surface area (Å²) in [5.74, 6) is -0.0196. The second-order valence-corrected chi connectivity index (χ2v) is 9.08. The zero-order valence-corrected chi connectivity index (χ0v) is 20.4. The van der Waals surface area contributed by atoms with E-state index < -0.39 is 12.2 Å². The summed E-state index contributed by atoms with van der Waals surface area (Å²) < 4.78 is 11.2. The largest absolute Gasteiger partial charge is 0.455 e. The molecule has 0 amide bonds. The molecule has 2 heterocycles. The van der Waals surface area contributed by atoms with Gasteiger partial charge in [0.25, 0.3) is 0 Å². The summed E-state index contributed by atoms with van der Waals surface area (Å²) in [5, 5.41) is 10.5. The zero-order chi connectivity index (χ0) is 24.4. The van der Waals surface area contributed by atoms with Crippen molar-refractivity contribution in [1.29, 1.82) is 0 Å². The Morgan fingerprint density at radius 1 is 1.27 bits per heavy atom. The van der Waals surface area contributed by atoms with E-state index >= 15 is 0 Å². The molecule has 1 fully saturated rings. The summed E-state index contributed by atoms with van der Waals surface area (Å²) in [7, 11) is 0. The van der Waals surface area contributed by atoms with Crippen LogP contribution in [0.15, 0.2) is 71.9 Å². The van der Waals surface area contributed by atoms with Gasteiger partial charge >= 0.3 is 5.97 Å². The molecule has 2 aliphatic rings. The molecule has 0 aromatic heterocycles. The number of aliphatic hydroxyl groups excluding tert-OH is 1. The molecular weight excluding hydrogens is 416 g/mol. The van der Waals surface area contributed by atoms with Crippen LogP contribution in [0.5, 0.6) is 0 Å².